The normalized spacial score (nSPS) is 16.9. The van der Waals surface area contributed by atoms with E-state index in [4.69, 9.17) is 0 Å². The van der Waals surface area contributed by atoms with Gasteiger partial charge in [0.15, 0.2) is 0 Å². The number of nitrogens with zero attached hydrogens (tertiary/aromatic N) is 10. The van der Waals surface area contributed by atoms with Crippen LogP contribution in [-0.4, -0.2) is 60.6 Å². The standard InChI is InChI=1S/C35H25N10O2P2/c1-44-28-8-24-20(12-36-16-40-24)4-32(28)48(46)33-5-21-13-37-17-41-25(21)9-29(33)45(2)31-11-27-23(15-39-19-43-27)7-35(31)49(3,47)34-6-22-14-38-18-42-26(22)10-30(34)44/h4-19H,1-3H3/q+1. The van der Waals surface area contributed by atoms with Crippen molar-refractivity contribution in [2.24, 2.45) is 0 Å². The highest BCUT2D eigenvalue weighted by atomic mass is 31.2. The van der Waals surface area contributed by atoms with Gasteiger partial charge < -0.3 is 14.4 Å². The highest BCUT2D eigenvalue weighted by Crippen LogP contribution is 2.49. The van der Waals surface area contributed by atoms with Gasteiger partial charge in [0.1, 0.15) is 32.5 Å². The molecule has 0 amide bonds. The second-order valence-electron chi connectivity index (χ2n) is 12.0. The molecule has 0 N–H and O–H groups in total. The molecule has 0 atom stereocenters. The Morgan fingerprint density at radius 1 is 0.510 bits per heavy atom. The fraction of sp³-hybridized carbons (Fsp3) is 0.0857. The summed E-state index contributed by atoms with van der Waals surface area (Å²) < 4.78 is 31.0. The molecule has 0 radical (unpaired) electrons. The van der Waals surface area contributed by atoms with E-state index in [0.717, 1.165) is 21.5 Å². The number of hydrogen-bond donors (Lipinski definition) is 0. The largest absolute Gasteiger partial charge is 0.419 e. The Morgan fingerprint density at radius 3 is 1.20 bits per heavy atom. The maximum atomic E-state index is 15.8. The van der Waals surface area contributed by atoms with E-state index in [-0.39, 0.29) is 0 Å². The molecule has 49 heavy (non-hydrogen) atoms. The summed E-state index contributed by atoms with van der Waals surface area (Å²) >= 11 is 0. The second-order valence-corrected chi connectivity index (χ2v) is 16.4. The van der Waals surface area contributed by atoms with Gasteiger partial charge in [0.05, 0.1) is 44.8 Å². The van der Waals surface area contributed by atoms with E-state index in [9.17, 15) is 0 Å². The van der Waals surface area contributed by atoms with Crippen molar-refractivity contribution in [1.29, 1.82) is 0 Å². The molecular weight excluding hydrogens is 654 g/mol. The highest BCUT2D eigenvalue weighted by Gasteiger charge is 2.38. The van der Waals surface area contributed by atoms with Crippen molar-refractivity contribution in [1.82, 2.24) is 39.9 Å². The van der Waals surface area contributed by atoms with Gasteiger partial charge in [0, 0.05) is 83.2 Å². The first-order valence-electron chi connectivity index (χ1n) is 15.3. The number of anilines is 4. The molecule has 0 unspecified atom stereocenters. The maximum Gasteiger partial charge on any atom is 0.419 e. The third-order valence-corrected chi connectivity index (χ3v) is 13.4. The molecule has 0 fully saturated rings. The van der Waals surface area contributed by atoms with Crippen LogP contribution < -0.4 is 31.0 Å². The van der Waals surface area contributed by atoms with Crippen LogP contribution >= 0.6 is 14.9 Å². The summed E-state index contributed by atoms with van der Waals surface area (Å²) in [7, 11) is -1.92. The number of fused-ring (bicyclic) bond motifs is 8. The first-order chi connectivity index (χ1) is 23.8. The Balaban J connectivity index is 1.46. The summed E-state index contributed by atoms with van der Waals surface area (Å²) in [6, 6.07) is 15.2. The van der Waals surface area contributed by atoms with Crippen LogP contribution in [0.3, 0.4) is 0 Å². The predicted molar refractivity (Wildman–Crippen MR) is 194 cm³/mol. The zero-order chi connectivity index (χ0) is 33.4. The Labute approximate surface area is 280 Å². The van der Waals surface area contributed by atoms with Gasteiger partial charge in [-0.3, -0.25) is 0 Å². The molecule has 12 nitrogen and oxygen atoms in total. The van der Waals surface area contributed by atoms with Gasteiger partial charge >= 0.3 is 7.80 Å². The molecular formula is C35H25N10O2P2+. The third kappa shape index (κ3) is 4.56. The third-order valence-electron chi connectivity index (χ3n) is 9.21. The van der Waals surface area contributed by atoms with Crippen LogP contribution in [0, 0.1) is 0 Å². The predicted octanol–water partition coefficient (Wildman–Crippen LogP) is 5.03. The van der Waals surface area contributed by atoms with Crippen molar-refractivity contribution in [2.75, 3.05) is 30.6 Å². The minimum absolute atomic E-state index is 0.567. The van der Waals surface area contributed by atoms with Gasteiger partial charge in [-0.2, -0.15) is 0 Å². The Bertz CT molecular complexity index is 2580. The first kappa shape index (κ1) is 29.3. The van der Waals surface area contributed by atoms with E-state index >= 15 is 9.13 Å². The average molecular weight is 680 g/mol. The van der Waals surface area contributed by atoms with Crippen LogP contribution in [0.5, 0.6) is 0 Å². The lowest BCUT2D eigenvalue weighted by Gasteiger charge is -2.30. The van der Waals surface area contributed by atoms with E-state index in [1.807, 2.05) is 72.4 Å². The smallest absolute Gasteiger partial charge is 0.340 e. The van der Waals surface area contributed by atoms with Crippen LogP contribution in [0.4, 0.5) is 22.7 Å². The molecule has 0 saturated heterocycles. The quantitative estimate of drug-likeness (QED) is 0.198. The first-order valence-corrected chi connectivity index (χ1v) is 18.7. The molecule has 0 aliphatic carbocycles. The Kier molecular flexibility index (Phi) is 6.49. The lowest BCUT2D eigenvalue weighted by molar-refractivity contribution is 0.590. The zero-order valence-corrected chi connectivity index (χ0v) is 28.2. The fourth-order valence-corrected chi connectivity index (χ4v) is 10.6. The summed E-state index contributed by atoms with van der Waals surface area (Å²) in [5, 5.41) is 5.31. The van der Waals surface area contributed by atoms with Crippen LogP contribution in [0.15, 0.2) is 98.6 Å². The van der Waals surface area contributed by atoms with E-state index in [0.29, 0.717) is 66.0 Å². The summed E-state index contributed by atoms with van der Waals surface area (Å²) in [4.78, 5) is 39.0. The van der Waals surface area contributed by atoms with Crippen LogP contribution in [0.2, 0.25) is 0 Å². The van der Waals surface area contributed by atoms with E-state index in [2.05, 4.69) is 39.9 Å². The summed E-state index contributed by atoms with van der Waals surface area (Å²) in [5.41, 5.74) is 5.33. The van der Waals surface area contributed by atoms with Crippen molar-refractivity contribution in [3.63, 3.8) is 0 Å². The zero-order valence-electron chi connectivity index (χ0n) is 26.4. The molecule has 236 valence electrons. The molecule has 0 bridgehead atoms. The minimum Gasteiger partial charge on any atom is -0.340 e. The Hall–Kier alpha value is -5.83. The fourth-order valence-electron chi connectivity index (χ4n) is 6.63. The molecule has 14 heteroatoms. The molecule has 4 aromatic carbocycles. The molecule has 8 aromatic rings. The summed E-state index contributed by atoms with van der Waals surface area (Å²) in [6.07, 6.45) is 12.8. The number of benzene rings is 4. The molecule has 1 aliphatic rings. The lowest BCUT2D eigenvalue weighted by Crippen LogP contribution is -2.31. The van der Waals surface area contributed by atoms with Crippen molar-refractivity contribution in [2.45, 2.75) is 0 Å². The monoisotopic (exact) mass is 679 g/mol. The van der Waals surface area contributed by atoms with Crippen molar-refractivity contribution in [3.8, 4) is 0 Å². The van der Waals surface area contributed by atoms with Crippen molar-refractivity contribution < 1.29 is 9.13 Å². The van der Waals surface area contributed by atoms with E-state index < -0.39 is 14.9 Å². The van der Waals surface area contributed by atoms with Gasteiger partial charge in [0.2, 0.25) is 10.6 Å². The Morgan fingerprint density at radius 2 is 0.837 bits per heavy atom. The van der Waals surface area contributed by atoms with E-state index in [1.165, 1.54) is 25.3 Å². The van der Waals surface area contributed by atoms with Gasteiger partial charge in [0.25, 0.3) is 0 Å². The number of rotatable bonds is 0. The van der Waals surface area contributed by atoms with Crippen LogP contribution in [0.25, 0.3) is 43.6 Å². The van der Waals surface area contributed by atoms with Gasteiger partial charge in [-0.15, -0.1) is 0 Å². The molecule has 0 spiro atoms. The second kappa shape index (κ2) is 10.8. The molecule has 0 saturated carbocycles. The summed E-state index contributed by atoms with van der Waals surface area (Å²) in [6.45, 7) is 1.78. The summed E-state index contributed by atoms with van der Waals surface area (Å²) in [5.74, 6) is 0. The molecule has 1 aliphatic heterocycles. The maximum absolute atomic E-state index is 15.8. The van der Waals surface area contributed by atoms with Crippen molar-refractivity contribution in [3.05, 3.63) is 98.6 Å². The lowest BCUT2D eigenvalue weighted by atomic mass is 10.1. The SMILES string of the molecule is CN1c2cc3ncncc3cc2[P+](=O)c2cc3cncnc3cc2N(C)c2cc3ncncc3cc2P(C)(=O)c2cc3cncnc3cc21. The van der Waals surface area contributed by atoms with Gasteiger partial charge in [-0.05, 0) is 43.1 Å². The van der Waals surface area contributed by atoms with E-state index in [1.54, 1.807) is 31.5 Å². The molecule has 9 rings (SSSR count). The molecule has 4 aromatic heterocycles. The number of hydrogen-bond acceptors (Lipinski definition) is 12. The van der Waals surface area contributed by atoms with Gasteiger partial charge in [-0.25, -0.2) is 39.9 Å². The topological polar surface area (TPSA) is 144 Å². The highest BCUT2D eigenvalue weighted by molar-refractivity contribution is 7.78. The van der Waals surface area contributed by atoms with Crippen LogP contribution in [0.1, 0.15) is 0 Å². The molecule has 5 heterocycles. The van der Waals surface area contributed by atoms with Crippen molar-refractivity contribution >= 4 is 103 Å². The number of aromatic nitrogens is 8. The van der Waals surface area contributed by atoms with Crippen LogP contribution in [-0.2, 0) is 9.13 Å². The average Bonchev–Trinajstić information content (AvgIpc) is 3.14. The van der Waals surface area contributed by atoms with Gasteiger partial charge in [-0.1, -0.05) is 4.57 Å². The minimum atomic E-state index is -3.46.